The summed E-state index contributed by atoms with van der Waals surface area (Å²) in [6, 6.07) is 13.0. The van der Waals surface area contributed by atoms with Crippen molar-refractivity contribution in [2.45, 2.75) is 6.92 Å². The number of anilines is 1. The normalized spacial score (nSPS) is 10.5. The molecule has 0 aliphatic rings. The first kappa shape index (κ1) is 16.3. The SMILES string of the molecule is CCOC(=O)c1ccc(NC(=O)/C=C/c2ccc(O)cc2)cc1. The first-order chi connectivity index (χ1) is 11.1. The first-order valence-electron chi connectivity index (χ1n) is 7.14. The molecule has 1 amide bonds. The lowest BCUT2D eigenvalue weighted by atomic mass is 10.2. The Labute approximate surface area is 134 Å². The van der Waals surface area contributed by atoms with Gasteiger partial charge in [0.25, 0.3) is 0 Å². The zero-order valence-corrected chi connectivity index (χ0v) is 12.7. The maximum absolute atomic E-state index is 11.8. The summed E-state index contributed by atoms with van der Waals surface area (Å²) in [4.78, 5) is 23.4. The molecule has 0 bridgehead atoms. The number of hydrogen-bond donors (Lipinski definition) is 2. The number of esters is 1. The summed E-state index contributed by atoms with van der Waals surface area (Å²) in [6.07, 6.45) is 3.04. The molecule has 0 saturated heterocycles. The molecular formula is C18H17NO4. The van der Waals surface area contributed by atoms with Crippen LogP contribution in [0, 0.1) is 0 Å². The van der Waals surface area contributed by atoms with E-state index in [9.17, 15) is 14.7 Å². The highest BCUT2D eigenvalue weighted by Gasteiger charge is 2.06. The second-order valence-electron chi connectivity index (χ2n) is 4.71. The lowest BCUT2D eigenvalue weighted by molar-refractivity contribution is -0.111. The van der Waals surface area contributed by atoms with Gasteiger partial charge in [0.2, 0.25) is 5.91 Å². The van der Waals surface area contributed by atoms with Crippen molar-refractivity contribution >= 4 is 23.6 Å². The van der Waals surface area contributed by atoms with Crippen molar-refractivity contribution in [2.75, 3.05) is 11.9 Å². The van der Waals surface area contributed by atoms with Crippen molar-refractivity contribution in [3.05, 3.63) is 65.7 Å². The summed E-state index contributed by atoms with van der Waals surface area (Å²) in [5.74, 6) is -0.507. The fourth-order valence-electron chi connectivity index (χ4n) is 1.85. The molecule has 23 heavy (non-hydrogen) atoms. The minimum atomic E-state index is -0.391. The molecule has 2 aromatic carbocycles. The van der Waals surface area contributed by atoms with Gasteiger partial charge < -0.3 is 15.2 Å². The Morgan fingerprint density at radius 1 is 1.09 bits per heavy atom. The van der Waals surface area contributed by atoms with Crippen molar-refractivity contribution in [2.24, 2.45) is 0 Å². The summed E-state index contributed by atoms with van der Waals surface area (Å²) in [6.45, 7) is 2.06. The van der Waals surface area contributed by atoms with E-state index >= 15 is 0 Å². The van der Waals surface area contributed by atoms with E-state index in [-0.39, 0.29) is 11.7 Å². The molecule has 118 valence electrons. The van der Waals surface area contributed by atoms with Crippen LogP contribution in [-0.2, 0) is 9.53 Å². The Kier molecular flexibility index (Phi) is 5.52. The predicted octanol–water partition coefficient (Wildman–Crippen LogP) is 3.22. The third-order valence-electron chi connectivity index (χ3n) is 2.98. The highest BCUT2D eigenvalue weighted by Crippen LogP contribution is 2.12. The second-order valence-corrected chi connectivity index (χ2v) is 4.71. The average Bonchev–Trinajstić information content (AvgIpc) is 2.55. The lowest BCUT2D eigenvalue weighted by Gasteiger charge is -2.04. The van der Waals surface area contributed by atoms with Crippen LogP contribution in [0.5, 0.6) is 5.75 Å². The quantitative estimate of drug-likeness (QED) is 0.656. The summed E-state index contributed by atoms with van der Waals surface area (Å²) in [5, 5.41) is 11.9. The molecule has 0 fully saturated rings. The van der Waals surface area contributed by atoms with Crippen LogP contribution in [0.15, 0.2) is 54.6 Å². The Morgan fingerprint density at radius 3 is 2.35 bits per heavy atom. The fraction of sp³-hybridized carbons (Fsp3) is 0.111. The maximum atomic E-state index is 11.8. The zero-order valence-electron chi connectivity index (χ0n) is 12.7. The topological polar surface area (TPSA) is 75.6 Å². The molecule has 0 heterocycles. The molecule has 0 saturated carbocycles. The molecule has 0 spiro atoms. The van der Waals surface area contributed by atoms with Gasteiger partial charge in [0.15, 0.2) is 0 Å². The highest BCUT2D eigenvalue weighted by atomic mass is 16.5. The molecule has 0 atom stereocenters. The van der Waals surface area contributed by atoms with Crippen LogP contribution in [-0.4, -0.2) is 23.6 Å². The van der Waals surface area contributed by atoms with Crippen LogP contribution in [0.3, 0.4) is 0 Å². The van der Waals surface area contributed by atoms with Gasteiger partial charge in [0.05, 0.1) is 12.2 Å². The standard InChI is InChI=1S/C18H17NO4/c1-2-23-18(22)14-6-8-15(9-7-14)19-17(21)12-5-13-3-10-16(20)11-4-13/h3-12,20H,2H2,1H3,(H,19,21)/b12-5+. The molecule has 0 aliphatic carbocycles. The third-order valence-corrected chi connectivity index (χ3v) is 2.98. The number of nitrogens with one attached hydrogen (secondary N) is 1. The molecule has 0 radical (unpaired) electrons. The van der Waals surface area contributed by atoms with E-state index in [1.165, 1.54) is 6.08 Å². The van der Waals surface area contributed by atoms with Gasteiger partial charge >= 0.3 is 5.97 Å². The zero-order chi connectivity index (χ0) is 16.7. The fourth-order valence-corrected chi connectivity index (χ4v) is 1.85. The number of aromatic hydroxyl groups is 1. The van der Waals surface area contributed by atoms with Crippen molar-refractivity contribution in [3.63, 3.8) is 0 Å². The number of phenolic OH excluding ortho intramolecular Hbond substituents is 1. The van der Waals surface area contributed by atoms with Crippen molar-refractivity contribution in [1.82, 2.24) is 0 Å². The first-order valence-corrected chi connectivity index (χ1v) is 7.14. The number of ether oxygens (including phenoxy) is 1. The Bertz CT molecular complexity index is 703. The smallest absolute Gasteiger partial charge is 0.338 e. The molecule has 2 N–H and O–H groups in total. The van der Waals surface area contributed by atoms with Crippen LogP contribution in [0.4, 0.5) is 5.69 Å². The Hall–Kier alpha value is -3.08. The lowest BCUT2D eigenvalue weighted by Crippen LogP contribution is -2.08. The second kappa shape index (κ2) is 7.79. The van der Waals surface area contributed by atoms with E-state index in [0.29, 0.717) is 17.9 Å². The molecule has 0 aliphatic heterocycles. The van der Waals surface area contributed by atoms with Gasteiger partial charge in [-0.25, -0.2) is 4.79 Å². The van der Waals surface area contributed by atoms with E-state index in [1.807, 2.05) is 0 Å². The monoisotopic (exact) mass is 311 g/mol. The van der Waals surface area contributed by atoms with Crippen molar-refractivity contribution in [3.8, 4) is 5.75 Å². The minimum Gasteiger partial charge on any atom is -0.508 e. The molecule has 2 aromatic rings. The molecule has 5 heteroatoms. The van der Waals surface area contributed by atoms with Gasteiger partial charge in [-0.05, 0) is 55.0 Å². The van der Waals surface area contributed by atoms with Gasteiger partial charge in [-0.15, -0.1) is 0 Å². The summed E-state index contributed by atoms with van der Waals surface area (Å²) < 4.78 is 4.89. The van der Waals surface area contributed by atoms with Gasteiger partial charge in [-0.3, -0.25) is 4.79 Å². The Morgan fingerprint density at radius 2 is 1.74 bits per heavy atom. The van der Waals surface area contributed by atoms with Crippen molar-refractivity contribution in [1.29, 1.82) is 0 Å². The number of hydrogen-bond acceptors (Lipinski definition) is 4. The number of carbonyl (C=O) groups excluding carboxylic acids is 2. The molecule has 0 aromatic heterocycles. The van der Waals surface area contributed by atoms with E-state index < -0.39 is 5.97 Å². The average molecular weight is 311 g/mol. The number of rotatable bonds is 5. The molecule has 2 rings (SSSR count). The highest BCUT2D eigenvalue weighted by molar-refractivity contribution is 6.02. The summed E-state index contributed by atoms with van der Waals surface area (Å²) in [7, 11) is 0. The predicted molar refractivity (Wildman–Crippen MR) is 88.2 cm³/mol. The van der Waals surface area contributed by atoms with Crippen LogP contribution in [0.1, 0.15) is 22.8 Å². The van der Waals surface area contributed by atoms with E-state index in [1.54, 1.807) is 61.5 Å². The van der Waals surface area contributed by atoms with Crippen LogP contribution in [0.2, 0.25) is 0 Å². The molecular weight excluding hydrogens is 294 g/mol. The van der Waals surface area contributed by atoms with Gasteiger partial charge in [-0.2, -0.15) is 0 Å². The van der Waals surface area contributed by atoms with Crippen molar-refractivity contribution < 1.29 is 19.4 Å². The van der Waals surface area contributed by atoms with Gasteiger partial charge in [0, 0.05) is 11.8 Å². The van der Waals surface area contributed by atoms with Gasteiger partial charge in [-0.1, -0.05) is 12.1 Å². The van der Waals surface area contributed by atoms with Crippen LogP contribution in [0.25, 0.3) is 6.08 Å². The largest absolute Gasteiger partial charge is 0.508 e. The van der Waals surface area contributed by atoms with Crippen LogP contribution >= 0.6 is 0 Å². The number of benzene rings is 2. The maximum Gasteiger partial charge on any atom is 0.338 e. The third kappa shape index (κ3) is 5.00. The minimum absolute atomic E-state index is 0.174. The number of amides is 1. The molecule has 0 unspecified atom stereocenters. The number of phenols is 1. The number of carbonyl (C=O) groups is 2. The van der Waals surface area contributed by atoms with E-state index in [2.05, 4.69) is 5.32 Å². The van der Waals surface area contributed by atoms with E-state index in [0.717, 1.165) is 5.56 Å². The summed E-state index contributed by atoms with van der Waals surface area (Å²) >= 11 is 0. The van der Waals surface area contributed by atoms with Gasteiger partial charge in [0.1, 0.15) is 5.75 Å². The van der Waals surface area contributed by atoms with E-state index in [4.69, 9.17) is 4.74 Å². The Balaban J connectivity index is 1.94. The molecule has 5 nitrogen and oxygen atoms in total. The summed E-state index contributed by atoms with van der Waals surface area (Å²) in [5.41, 5.74) is 1.82. The van der Waals surface area contributed by atoms with Crippen LogP contribution < -0.4 is 5.32 Å².